The van der Waals surface area contributed by atoms with Crippen molar-refractivity contribution in [3.8, 4) is 0 Å². The summed E-state index contributed by atoms with van der Waals surface area (Å²) in [6.07, 6.45) is 0. The van der Waals surface area contributed by atoms with Gasteiger partial charge in [0, 0.05) is 6.54 Å². The predicted octanol–water partition coefficient (Wildman–Crippen LogP) is 0.952. The van der Waals surface area contributed by atoms with Gasteiger partial charge in [0.15, 0.2) is 0 Å². The molecule has 17 heavy (non-hydrogen) atoms. The molecule has 1 aromatic carbocycles. The van der Waals surface area contributed by atoms with Crippen LogP contribution < -0.4 is 4.72 Å². The van der Waals surface area contributed by atoms with Crippen LogP contribution in [-0.4, -0.2) is 26.9 Å². The number of aryl methyl sites for hydroxylation is 1. The van der Waals surface area contributed by atoms with Crippen molar-refractivity contribution >= 4 is 10.0 Å². The quantitative estimate of drug-likeness (QED) is 0.876. The normalized spacial score (nSPS) is 16.8. The van der Waals surface area contributed by atoms with Gasteiger partial charge in [0.05, 0.1) is 13.2 Å². The molecule has 6 heteroatoms. The number of sulfonamides is 1. The Kier molecular flexibility index (Phi) is 3.46. The van der Waals surface area contributed by atoms with Gasteiger partial charge in [0.2, 0.25) is 10.0 Å². The van der Waals surface area contributed by atoms with E-state index in [2.05, 4.69) is 4.72 Å². The highest BCUT2D eigenvalue weighted by Gasteiger charge is 2.32. The monoisotopic (exact) mass is 259 g/mol. The van der Waals surface area contributed by atoms with Crippen LogP contribution in [0.4, 0.5) is 4.39 Å². The molecule has 1 N–H and O–H groups in total. The van der Waals surface area contributed by atoms with Crippen molar-refractivity contribution in [1.82, 2.24) is 4.72 Å². The summed E-state index contributed by atoms with van der Waals surface area (Å²) in [5.41, 5.74) is 1.15. The van der Waals surface area contributed by atoms with Crippen molar-refractivity contribution < 1.29 is 17.5 Å². The fourth-order valence-corrected chi connectivity index (χ4v) is 2.60. The molecule has 0 unspecified atom stereocenters. The molecule has 1 saturated heterocycles. The van der Waals surface area contributed by atoms with Crippen molar-refractivity contribution in [2.24, 2.45) is 0 Å². The summed E-state index contributed by atoms with van der Waals surface area (Å²) in [6, 6.07) is 4.68. The number of rotatable bonds is 4. The first kappa shape index (κ1) is 12.5. The summed E-state index contributed by atoms with van der Waals surface area (Å²) < 4.78 is 43.8. The lowest BCUT2D eigenvalue weighted by Crippen LogP contribution is -2.46. The zero-order chi connectivity index (χ0) is 12.5. The van der Waals surface area contributed by atoms with Gasteiger partial charge < -0.3 is 4.74 Å². The maximum Gasteiger partial charge on any atom is 0.219 e. The third-order valence-corrected chi connectivity index (χ3v) is 4.46. The predicted molar refractivity (Wildman–Crippen MR) is 61.5 cm³/mol. The van der Waals surface area contributed by atoms with Crippen LogP contribution in [0.25, 0.3) is 0 Å². The largest absolute Gasteiger partial charge is 0.378 e. The van der Waals surface area contributed by atoms with E-state index in [1.54, 1.807) is 19.1 Å². The molecule has 1 aromatic rings. The molecule has 1 fully saturated rings. The molecule has 1 heterocycles. The zero-order valence-electron chi connectivity index (χ0n) is 9.44. The maximum atomic E-state index is 13.2. The van der Waals surface area contributed by atoms with Gasteiger partial charge in [-0.1, -0.05) is 12.1 Å². The molecule has 0 bridgehead atoms. The fourth-order valence-electron chi connectivity index (χ4n) is 1.44. The van der Waals surface area contributed by atoms with Gasteiger partial charge in [0.1, 0.15) is 11.1 Å². The van der Waals surface area contributed by atoms with Crippen molar-refractivity contribution in [2.45, 2.75) is 18.7 Å². The number of hydrogen-bond donors (Lipinski definition) is 1. The lowest BCUT2D eigenvalue weighted by Gasteiger charge is -2.25. The topological polar surface area (TPSA) is 55.4 Å². The van der Waals surface area contributed by atoms with E-state index in [0.29, 0.717) is 11.1 Å². The van der Waals surface area contributed by atoms with Crippen molar-refractivity contribution in [2.75, 3.05) is 13.2 Å². The van der Waals surface area contributed by atoms with E-state index in [-0.39, 0.29) is 25.6 Å². The Balaban J connectivity index is 1.99. The van der Waals surface area contributed by atoms with Gasteiger partial charge in [-0.15, -0.1) is 0 Å². The molecule has 0 aromatic heterocycles. The number of nitrogens with one attached hydrogen (secondary N) is 1. The lowest BCUT2D eigenvalue weighted by atomic mass is 10.1. The highest BCUT2D eigenvalue weighted by molar-refractivity contribution is 7.90. The average Bonchev–Trinajstić information content (AvgIpc) is 2.17. The van der Waals surface area contributed by atoms with Crippen LogP contribution in [0, 0.1) is 12.7 Å². The van der Waals surface area contributed by atoms with E-state index in [9.17, 15) is 12.8 Å². The molecular weight excluding hydrogens is 245 g/mol. The molecule has 0 aliphatic carbocycles. The van der Waals surface area contributed by atoms with Gasteiger partial charge >= 0.3 is 0 Å². The highest BCUT2D eigenvalue weighted by Crippen LogP contribution is 2.12. The minimum Gasteiger partial charge on any atom is -0.378 e. The molecular formula is C11H14FNO3S. The summed E-state index contributed by atoms with van der Waals surface area (Å²) in [6.45, 7) is 2.24. The third kappa shape index (κ3) is 2.83. The van der Waals surface area contributed by atoms with E-state index in [4.69, 9.17) is 4.74 Å². The molecule has 0 amide bonds. The lowest BCUT2D eigenvalue weighted by molar-refractivity contribution is 0.0411. The van der Waals surface area contributed by atoms with E-state index in [0.717, 1.165) is 0 Å². The highest BCUT2D eigenvalue weighted by atomic mass is 32.2. The van der Waals surface area contributed by atoms with Crippen LogP contribution in [0.5, 0.6) is 0 Å². The number of hydrogen-bond acceptors (Lipinski definition) is 3. The van der Waals surface area contributed by atoms with E-state index in [1.807, 2.05) is 0 Å². The molecule has 0 spiro atoms. The minimum atomic E-state index is -3.34. The number of halogens is 1. The Labute approximate surface area is 99.8 Å². The summed E-state index contributed by atoms with van der Waals surface area (Å²) in [7, 11) is -3.34. The number of benzene rings is 1. The van der Waals surface area contributed by atoms with Gasteiger partial charge in [0.25, 0.3) is 0 Å². The molecule has 0 atom stereocenters. The van der Waals surface area contributed by atoms with Crippen LogP contribution in [0.3, 0.4) is 0 Å². The van der Waals surface area contributed by atoms with Crippen molar-refractivity contribution in [3.05, 3.63) is 35.1 Å². The van der Waals surface area contributed by atoms with Gasteiger partial charge in [-0.2, -0.15) is 0 Å². The average molecular weight is 259 g/mol. The van der Waals surface area contributed by atoms with Crippen LogP contribution in [-0.2, 0) is 21.3 Å². The Morgan fingerprint density at radius 3 is 2.71 bits per heavy atom. The zero-order valence-corrected chi connectivity index (χ0v) is 10.3. The van der Waals surface area contributed by atoms with E-state index >= 15 is 0 Å². The van der Waals surface area contributed by atoms with Crippen molar-refractivity contribution in [3.63, 3.8) is 0 Å². The molecule has 4 nitrogen and oxygen atoms in total. The maximum absolute atomic E-state index is 13.2. The first-order valence-electron chi connectivity index (χ1n) is 5.30. The van der Waals surface area contributed by atoms with Crippen LogP contribution in [0.2, 0.25) is 0 Å². The van der Waals surface area contributed by atoms with Gasteiger partial charge in [-0.05, 0) is 24.1 Å². The molecule has 94 valence electrons. The molecule has 0 radical (unpaired) electrons. The van der Waals surface area contributed by atoms with Crippen LogP contribution >= 0.6 is 0 Å². The second-order valence-corrected chi connectivity index (χ2v) is 6.15. The Bertz CT molecular complexity index is 511. The van der Waals surface area contributed by atoms with E-state index < -0.39 is 15.3 Å². The van der Waals surface area contributed by atoms with Crippen LogP contribution in [0.15, 0.2) is 18.2 Å². The van der Waals surface area contributed by atoms with Gasteiger partial charge in [-0.3, -0.25) is 0 Å². The SMILES string of the molecule is Cc1ccc(CNS(=O)(=O)C2COC2)cc1F. The number of ether oxygens (including phenoxy) is 1. The van der Waals surface area contributed by atoms with Crippen molar-refractivity contribution in [1.29, 1.82) is 0 Å². The third-order valence-electron chi connectivity index (χ3n) is 2.76. The first-order chi connectivity index (χ1) is 7.99. The Morgan fingerprint density at radius 2 is 2.18 bits per heavy atom. The standard InChI is InChI=1S/C11H14FNO3S/c1-8-2-3-9(4-11(8)12)5-13-17(14,15)10-6-16-7-10/h2-4,10,13H,5-7H2,1H3. The second-order valence-electron chi connectivity index (χ2n) is 4.11. The molecule has 1 aliphatic rings. The Hall–Kier alpha value is -0.980. The molecule has 0 saturated carbocycles. The van der Waals surface area contributed by atoms with Crippen LogP contribution in [0.1, 0.15) is 11.1 Å². The summed E-state index contributed by atoms with van der Waals surface area (Å²) in [5.74, 6) is -0.325. The van der Waals surface area contributed by atoms with E-state index in [1.165, 1.54) is 6.07 Å². The molecule has 1 aliphatic heterocycles. The molecule has 2 rings (SSSR count). The van der Waals surface area contributed by atoms with Gasteiger partial charge in [-0.25, -0.2) is 17.5 Å². The summed E-state index contributed by atoms with van der Waals surface area (Å²) in [5, 5.41) is -0.474. The Morgan fingerprint density at radius 1 is 1.47 bits per heavy atom. The first-order valence-corrected chi connectivity index (χ1v) is 6.85. The fraction of sp³-hybridized carbons (Fsp3) is 0.455. The minimum absolute atomic E-state index is 0.107. The smallest absolute Gasteiger partial charge is 0.219 e. The summed E-state index contributed by atoms with van der Waals surface area (Å²) >= 11 is 0. The second kappa shape index (κ2) is 4.72. The summed E-state index contributed by atoms with van der Waals surface area (Å²) in [4.78, 5) is 0.